The van der Waals surface area contributed by atoms with Crippen LogP contribution in [0, 0.1) is 0 Å². The van der Waals surface area contributed by atoms with Gasteiger partial charge in [0.05, 0.1) is 16.7 Å². The summed E-state index contributed by atoms with van der Waals surface area (Å²) in [5.74, 6) is 1.16. The zero-order valence-corrected chi connectivity index (χ0v) is 25.3. The van der Waals surface area contributed by atoms with Crippen molar-refractivity contribution in [1.82, 2.24) is 34.6 Å². The van der Waals surface area contributed by atoms with Crippen LogP contribution in [0.4, 0.5) is 26.9 Å². The summed E-state index contributed by atoms with van der Waals surface area (Å²) in [4.78, 5) is 45.3. The van der Waals surface area contributed by atoms with E-state index in [2.05, 4.69) is 32.8 Å². The zero-order chi connectivity index (χ0) is 30.9. The normalized spacial score (nSPS) is 17.7. The third-order valence-electron chi connectivity index (χ3n) is 8.69. The molecule has 4 heterocycles. The molecule has 12 heteroatoms. The van der Waals surface area contributed by atoms with Gasteiger partial charge in [0.15, 0.2) is 0 Å². The van der Waals surface area contributed by atoms with E-state index in [0.717, 1.165) is 39.7 Å². The van der Waals surface area contributed by atoms with Crippen LogP contribution < -0.4 is 20.9 Å². The lowest BCUT2D eigenvalue weighted by Crippen LogP contribution is -2.58. The summed E-state index contributed by atoms with van der Waals surface area (Å²) in [5.41, 5.74) is 3.31. The predicted molar refractivity (Wildman–Crippen MR) is 176 cm³/mol. The molecule has 0 aliphatic carbocycles. The highest BCUT2D eigenvalue weighted by molar-refractivity contribution is 6.01. The quantitative estimate of drug-likeness (QED) is 0.249. The maximum Gasteiger partial charge on any atom is 0.324 e. The average molecular weight is 605 g/mol. The summed E-state index contributed by atoms with van der Waals surface area (Å²) >= 11 is 0. The summed E-state index contributed by atoms with van der Waals surface area (Å²) in [5, 5.41) is 12.2. The van der Waals surface area contributed by atoms with E-state index in [0.29, 0.717) is 44.5 Å². The van der Waals surface area contributed by atoms with Gasteiger partial charge in [-0.05, 0) is 49.6 Å². The number of rotatable bonds is 7. The molecule has 2 atom stereocenters. The number of carbonyl (C=O) groups excluding carboxylic acids is 2. The molecule has 0 radical (unpaired) electrons. The minimum atomic E-state index is -0.116. The van der Waals surface area contributed by atoms with E-state index in [1.165, 1.54) is 0 Å². The lowest BCUT2D eigenvalue weighted by atomic mass is 10.1. The number of urea groups is 2. The lowest BCUT2D eigenvalue weighted by molar-refractivity contribution is 0.186. The number of anilines is 3. The van der Waals surface area contributed by atoms with E-state index in [-0.39, 0.29) is 24.1 Å². The maximum absolute atomic E-state index is 13.3. The van der Waals surface area contributed by atoms with Crippen LogP contribution in [0.25, 0.3) is 27.6 Å². The van der Waals surface area contributed by atoms with Crippen molar-refractivity contribution in [2.75, 3.05) is 54.8 Å². The number of fused-ring (bicyclic) bond motifs is 2. The van der Waals surface area contributed by atoms with Gasteiger partial charge in [-0.2, -0.15) is 4.98 Å². The summed E-state index contributed by atoms with van der Waals surface area (Å²) < 4.78 is 1.92. The number of likely N-dealkylation sites (N-methyl/N-ethyl adjacent to an activating group) is 1. The molecule has 2 aromatic heterocycles. The second-order valence-corrected chi connectivity index (χ2v) is 11.4. The fourth-order valence-electron chi connectivity index (χ4n) is 6.15. The van der Waals surface area contributed by atoms with Crippen LogP contribution in [-0.4, -0.2) is 92.7 Å². The summed E-state index contributed by atoms with van der Waals surface area (Å²) in [6.45, 7) is 7.98. The Hall–Kier alpha value is -5.23. The number of nitrogens with zero attached hydrogens (tertiary/aromatic N) is 7. The van der Waals surface area contributed by atoms with Crippen LogP contribution in [0.2, 0.25) is 0 Å². The van der Waals surface area contributed by atoms with Crippen molar-refractivity contribution in [3.05, 3.63) is 79.3 Å². The van der Waals surface area contributed by atoms with E-state index in [4.69, 9.17) is 4.98 Å². The molecule has 7 rings (SSSR count). The Labute approximate surface area is 261 Å². The fourth-order valence-corrected chi connectivity index (χ4v) is 6.15. The van der Waals surface area contributed by atoms with Gasteiger partial charge in [0.2, 0.25) is 5.95 Å². The first-order valence-corrected chi connectivity index (χ1v) is 15.4. The molecule has 3 aromatic carbocycles. The fraction of sp³-hybridized carbons (Fsp3) is 0.303. The highest BCUT2D eigenvalue weighted by atomic mass is 16.2. The Balaban J connectivity index is 1.02. The number of hydrogen-bond acceptors (Lipinski definition) is 7. The molecule has 2 saturated heterocycles. The second-order valence-electron chi connectivity index (χ2n) is 11.4. The van der Waals surface area contributed by atoms with Crippen LogP contribution >= 0.6 is 0 Å². The molecule has 45 heavy (non-hydrogen) atoms. The molecule has 2 aliphatic rings. The third-order valence-corrected chi connectivity index (χ3v) is 8.69. The van der Waals surface area contributed by atoms with Crippen molar-refractivity contribution in [1.29, 1.82) is 0 Å². The van der Waals surface area contributed by atoms with Crippen LogP contribution in [-0.2, 0) is 0 Å². The smallest absolute Gasteiger partial charge is 0.324 e. The summed E-state index contributed by atoms with van der Waals surface area (Å²) in [6.07, 6.45) is 3.46. The van der Waals surface area contributed by atoms with Gasteiger partial charge in [-0.25, -0.2) is 19.6 Å². The van der Waals surface area contributed by atoms with Gasteiger partial charge in [0, 0.05) is 68.6 Å². The number of aromatic nitrogens is 4. The molecule has 2 aliphatic heterocycles. The number of amides is 4. The molecule has 12 nitrogen and oxygen atoms in total. The van der Waals surface area contributed by atoms with Gasteiger partial charge >= 0.3 is 12.1 Å². The van der Waals surface area contributed by atoms with E-state index < -0.39 is 0 Å². The van der Waals surface area contributed by atoms with E-state index in [1.807, 2.05) is 88.0 Å². The number of imidazole rings is 1. The van der Waals surface area contributed by atoms with Crippen molar-refractivity contribution in [2.45, 2.75) is 25.9 Å². The predicted octanol–water partition coefficient (Wildman–Crippen LogP) is 4.54. The number of hydrogen-bond donors (Lipinski definition) is 3. The van der Waals surface area contributed by atoms with Crippen LogP contribution in [0.15, 0.2) is 79.3 Å². The third kappa shape index (κ3) is 5.60. The van der Waals surface area contributed by atoms with Crippen molar-refractivity contribution in [3.8, 4) is 5.82 Å². The Morgan fingerprint density at radius 3 is 2.78 bits per heavy atom. The van der Waals surface area contributed by atoms with Crippen molar-refractivity contribution >= 4 is 51.2 Å². The van der Waals surface area contributed by atoms with Gasteiger partial charge in [-0.1, -0.05) is 36.4 Å². The number of carbonyl (C=O) groups is 2. The SMILES string of the molecule is CCN1CCN(c2ccc3c(c2)ncn3-c2ccnc(NC(C)C3CN(C(=O)Nc4cccc5ccccc45)CCN3)n2)C1=O. The first kappa shape index (κ1) is 28.5. The molecule has 230 valence electrons. The zero-order valence-electron chi connectivity index (χ0n) is 25.3. The number of benzene rings is 3. The highest BCUT2D eigenvalue weighted by Gasteiger charge is 2.29. The van der Waals surface area contributed by atoms with Gasteiger partial charge in [-0.3, -0.25) is 9.47 Å². The summed E-state index contributed by atoms with van der Waals surface area (Å²) in [6, 6.07) is 21.5. The average Bonchev–Trinajstić information content (AvgIpc) is 3.67. The van der Waals surface area contributed by atoms with Gasteiger partial charge in [0.1, 0.15) is 12.1 Å². The Kier molecular flexibility index (Phi) is 7.64. The monoisotopic (exact) mass is 604 g/mol. The molecule has 0 bridgehead atoms. The Bertz CT molecular complexity index is 1870. The first-order chi connectivity index (χ1) is 22.0. The summed E-state index contributed by atoms with van der Waals surface area (Å²) in [7, 11) is 0. The molecule has 0 spiro atoms. The molecular formula is C33H36N10O2. The maximum atomic E-state index is 13.3. The molecule has 4 amide bonds. The van der Waals surface area contributed by atoms with E-state index >= 15 is 0 Å². The standard InChI is InChI=1S/C33H36N10O2/c1-3-40-17-18-42(33(40)45)24-11-12-29-27(19-24)36-21-43(29)30-13-14-35-31(39-30)37-22(2)28-20-41(16-15-34-28)32(44)38-26-10-6-8-23-7-4-5-9-25(23)26/h4-14,19,21-22,28,34H,3,15-18,20H2,1-2H3,(H,38,44)(H,35,37,39). The molecule has 2 fully saturated rings. The largest absolute Gasteiger partial charge is 0.350 e. The second kappa shape index (κ2) is 12.0. The van der Waals surface area contributed by atoms with Crippen LogP contribution in [0.5, 0.6) is 0 Å². The minimum Gasteiger partial charge on any atom is -0.350 e. The molecular weight excluding hydrogens is 568 g/mol. The van der Waals surface area contributed by atoms with Gasteiger partial charge in [0.25, 0.3) is 0 Å². The van der Waals surface area contributed by atoms with E-state index in [1.54, 1.807) is 17.4 Å². The highest BCUT2D eigenvalue weighted by Crippen LogP contribution is 2.27. The molecule has 5 aromatic rings. The van der Waals surface area contributed by atoms with Crippen molar-refractivity contribution in [3.63, 3.8) is 0 Å². The van der Waals surface area contributed by atoms with Gasteiger partial charge < -0.3 is 25.8 Å². The first-order valence-electron chi connectivity index (χ1n) is 15.4. The molecule has 2 unspecified atom stereocenters. The van der Waals surface area contributed by atoms with Crippen LogP contribution in [0.3, 0.4) is 0 Å². The Morgan fingerprint density at radius 1 is 1.04 bits per heavy atom. The van der Waals surface area contributed by atoms with Crippen molar-refractivity contribution in [2.24, 2.45) is 0 Å². The number of nitrogens with one attached hydrogen (secondary N) is 3. The van der Waals surface area contributed by atoms with Crippen molar-refractivity contribution < 1.29 is 9.59 Å². The van der Waals surface area contributed by atoms with Crippen LogP contribution in [0.1, 0.15) is 13.8 Å². The van der Waals surface area contributed by atoms with E-state index in [9.17, 15) is 9.59 Å². The minimum absolute atomic E-state index is 0.00583. The molecule has 3 N–H and O–H groups in total. The number of piperazine rings is 1. The Morgan fingerprint density at radius 2 is 1.91 bits per heavy atom. The van der Waals surface area contributed by atoms with Gasteiger partial charge in [-0.15, -0.1) is 0 Å². The molecule has 0 saturated carbocycles. The topological polar surface area (TPSA) is 124 Å². The lowest BCUT2D eigenvalue weighted by Gasteiger charge is -2.37.